The van der Waals surface area contributed by atoms with Crippen molar-refractivity contribution in [2.24, 2.45) is 0 Å². The minimum atomic E-state index is 0.238. The van der Waals surface area contributed by atoms with Crippen LogP contribution in [-0.4, -0.2) is 36.6 Å². The van der Waals surface area contributed by atoms with Gasteiger partial charge in [0.05, 0.1) is 30.8 Å². The van der Waals surface area contributed by atoms with Crippen molar-refractivity contribution in [2.75, 3.05) is 26.7 Å². The number of hydrogen-bond acceptors (Lipinski definition) is 6. The Kier molecular flexibility index (Phi) is 4.83. The lowest BCUT2D eigenvalue weighted by molar-refractivity contribution is 0.138. The van der Waals surface area contributed by atoms with E-state index in [9.17, 15) is 0 Å². The highest BCUT2D eigenvalue weighted by atomic mass is 32.1. The summed E-state index contributed by atoms with van der Waals surface area (Å²) in [6.45, 7) is 3.48. The van der Waals surface area contributed by atoms with Crippen molar-refractivity contribution in [3.05, 3.63) is 59.4 Å². The molecule has 1 fully saturated rings. The highest BCUT2D eigenvalue weighted by Gasteiger charge is 2.27. The third kappa shape index (κ3) is 3.46. The Hall–Kier alpha value is -2.15. The molecule has 3 heterocycles. The van der Waals surface area contributed by atoms with Crippen LogP contribution in [0, 0.1) is 0 Å². The molecule has 130 valence electrons. The zero-order valence-corrected chi connectivity index (χ0v) is 15.0. The largest absolute Gasteiger partial charge is 0.496 e. The lowest BCUT2D eigenvalue weighted by Gasteiger charge is -2.36. The van der Waals surface area contributed by atoms with Crippen molar-refractivity contribution in [3.63, 3.8) is 0 Å². The van der Waals surface area contributed by atoms with Gasteiger partial charge >= 0.3 is 0 Å². The third-order valence-corrected chi connectivity index (χ3v) is 5.39. The fraction of sp³-hybridized carbons (Fsp3) is 0.316. The van der Waals surface area contributed by atoms with Crippen molar-refractivity contribution < 1.29 is 9.15 Å². The topological polar surface area (TPSA) is 50.5 Å². The van der Waals surface area contributed by atoms with Gasteiger partial charge in [0.25, 0.3) is 0 Å². The summed E-state index contributed by atoms with van der Waals surface area (Å²) in [5.41, 5.74) is 1.20. The monoisotopic (exact) mass is 355 g/mol. The van der Waals surface area contributed by atoms with E-state index in [1.165, 1.54) is 5.56 Å². The summed E-state index contributed by atoms with van der Waals surface area (Å²) in [6.07, 6.45) is 1.82. The number of piperazine rings is 1. The normalized spacial score (nSPS) is 18.4. The van der Waals surface area contributed by atoms with E-state index < -0.39 is 0 Å². The maximum atomic E-state index is 5.98. The Balaban J connectivity index is 1.55. The molecule has 6 heteroatoms. The van der Waals surface area contributed by atoms with Crippen molar-refractivity contribution in [3.8, 4) is 16.4 Å². The average molecular weight is 355 g/mol. The summed E-state index contributed by atoms with van der Waals surface area (Å²) in [5.74, 6) is 2.52. The first kappa shape index (κ1) is 16.3. The molecule has 1 aromatic carbocycles. The summed E-state index contributed by atoms with van der Waals surface area (Å²) in [7, 11) is 1.72. The number of oxazole rings is 1. The molecule has 0 radical (unpaired) electrons. The lowest BCUT2D eigenvalue weighted by atomic mass is 10.0. The maximum absolute atomic E-state index is 5.98. The zero-order chi connectivity index (χ0) is 17.1. The third-order valence-electron chi connectivity index (χ3n) is 4.51. The van der Waals surface area contributed by atoms with E-state index in [2.05, 4.69) is 33.4 Å². The second-order valence-electron chi connectivity index (χ2n) is 6.03. The SMILES string of the molecule is COc1ccccc1C1CNCCN1Cc1ncc(-c2cccs2)o1. The quantitative estimate of drug-likeness (QED) is 0.758. The van der Waals surface area contributed by atoms with E-state index in [1.54, 1.807) is 18.4 Å². The average Bonchev–Trinajstić information content (AvgIpc) is 3.34. The Labute approximate surface area is 151 Å². The van der Waals surface area contributed by atoms with E-state index in [-0.39, 0.29) is 6.04 Å². The number of thiophene rings is 1. The van der Waals surface area contributed by atoms with Crippen LogP contribution in [0.1, 0.15) is 17.5 Å². The first-order valence-corrected chi connectivity index (χ1v) is 9.29. The number of nitrogens with zero attached hydrogens (tertiary/aromatic N) is 2. The Morgan fingerprint density at radius 1 is 1.32 bits per heavy atom. The van der Waals surface area contributed by atoms with Gasteiger partial charge in [-0.15, -0.1) is 11.3 Å². The highest BCUT2D eigenvalue weighted by molar-refractivity contribution is 7.13. The molecule has 2 aromatic heterocycles. The summed E-state index contributed by atoms with van der Waals surface area (Å²) in [5, 5.41) is 5.53. The van der Waals surface area contributed by atoms with E-state index in [1.807, 2.05) is 29.8 Å². The van der Waals surface area contributed by atoms with E-state index >= 15 is 0 Å². The van der Waals surface area contributed by atoms with Crippen LogP contribution >= 0.6 is 11.3 Å². The molecular weight excluding hydrogens is 334 g/mol. The van der Waals surface area contributed by atoms with Gasteiger partial charge in [-0.25, -0.2) is 4.98 Å². The Bertz CT molecular complexity index is 816. The van der Waals surface area contributed by atoms with Gasteiger partial charge in [0, 0.05) is 25.2 Å². The molecule has 0 spiro atoms. The Morgan fingerprint density at radius 2 is 2.24 bits per heavy atom. The molecule has 1 atom stereocenters. The molecule has 1 N–H and O–H groups in total. The number of nitrogens with one attached hydrogen (secondary N) is 1. The van der Waals surface area contributed by atoms with Gasteiger partial charge in [0.2, 0.25) is 5.89 Å². The second-order valence-corrected chi connectivity index (χ2v) is 6.98. The highest BCUT2D eigenvalue weighted by Crippen LogP contribution is 2.32. The van der Waals surface area contributed by atoms with Gasteiger partial charge in [0.1, 0.15) is 5.75 Å². The van der Waals surface area contributed by atoms with Crippen LogP contribution in [0.25, 0.3) is 10.6 Å². The molecule has 4 rings (SSSR count). The fourth-order valence-electron chi connectivity index (χ4n) is 3.27. The van der Waals surface area contributed by atoms with Crippen LogP contribution in [0.3, 0.4) is 0 Å². The van der Waals surface area contributed by atoms with Crippen molar-refractivity contribution in [2.45, 2.75) is 12.6 Å². The minimum absolute atomic E-state index is 0.238. The van der Waals surface area contributed by atoms with Crippen molar-refractivity contribution in [1.29, 1.82) is 0 Å². The summed E-state index contributed by atoms with van der Waals surface area (Å²) >= 11 is 1.66. The van der Waals surface area contributed by atoms with Crippen LogP contribution in [0.2, 0.25) is 0 Å². The molecule has 1 aliphatic rings. The number of para-hydroxylation sites is 1. The summed E-state index contributed by atoms with van der Waals surface area (Å²) < 4.78 is 11.5. The second kappa shape index (κ2) is 7.39. The van der Waals surface area contributed by atoms with E-state index in [4.69, 9.17) is 9.15 Å². The molecule has 5 nitrogen and oxygen atoms in total. The van der Waals surface area contributed by atoms with Gasteiger partial charge in [-0.1, -0.05) is 24.3 Å². The van der Waals surface area contributed by atoms with Crippen molar-refractivity contribution >= 4 is 11.3 Å². The van der Waals surface area contributed by atoms with Gasteiger partial charge in [-0.05, 0) is 17.5 Å². The molecule has 1 unspecified atom stereocenters. The molecule has 25 heavy (non-hydrogen) atoms. The van der Waals surface area contributed by atoms with Gasteiger partial charge in [0.15, 0.2) is 5.76 Å². The summed E-state index contributed by atoms with van der Waals surface area (Å²) in [4.78, 5) is 8.00. The van der Waals surface area contributed by atoms with Crippen LogP contribution in [-0.2, 0) is 6.54 Å². The number of hydrogen-bond donors (Lipinski definition) is 1. The standard InChI is InChI=1S/C19H21N3O2S/c1-23-16-6-3-2-5-14(16)15-11-20-8-9-22(15)13-19-21-12-17(24-19)18-7-4-10-25-18/h2-7,10,12,15,20H,8-9,11,13H2,1H3. The van der Waals surface area contributed by atoms with Gasteiger partial charge in [-0.2, -0.15) is 0 Å². The first-order valence-electron chi connectivity index (χ1n) is 8.41. The van der Waals surface area contributed by atoms with E-state index in [0.717, 1.165) is 41.9 Å². The summed E-state index contributed by atoms with van der Waals surface area (Å²) in [6, 6.07) is 12.5. The molecular formula is C19H21N3O2S. The number of benzene rings is 1. The molecule has 1 saturated heterocycles. The van der Waals surface area contributed by atoms with Crippen molar-refractivity contribution in [1.82, 2.24) is 15.2 Å². The van der Waals surface area contributed by atoms with Gasteiger partial charge < -0.3 is 14.5 Å². The number of methoxy groups -OCH3 is 1. The predicted octanol–water partition coefficient (Wildman–Crippen LogP) is 3.56. The number of aromatic nitrogens is 1. The predicted molar refractivity (Wildman–Crippen MR) is 98.8 cm³/mol. The fourth-order valence-corrected chi connectivity index (χ4v) is 3.95. The van der Waals surface area contributed by atoms with Crippen LogP contribution in [0.5, 0.6) is 5.75 Å². The molecule has 0 aliphatic carbocycles. The van der Waals surface area contributed by atoms with Crippen LogP contribution in [0.15, 0.2) is 52.4 Å². The minimum Gasteiger partial charge on any atom is -0.496 e. The van der Waals surface area contributed by atoms with Crippen LogP contribution < -0.4 is 10.1 Å². The molecule has 1 aliphatic heterocycles. The number of ether oxygens (including phenoxy) is 1. The smallest absolute Gasteiger partial charge is 0.209 e. The Morgan fingerprint density at radius 3 is 3.08 bits per heavy atom. The maximum Gasteiger partial charge on any atom is 0.209 e. The molecule has 0 bridgehead atoms. The molecule has 0 amide bonds. The molecule has 0 saturated carbocycles. The first-order chi connectivity index (χ1) is 12.3. The van der Waals surface area contributed by atoms with Crippen LogP contribution in [0.4, 0.5) is 0 Å². The zero-order valence-electron chi connectivity index (χ0n) is 14.1. The van der Waals surface area contributed by atoms with E-state index in [0.29, 0.717) is 6.54 Å². The lowest BCUT2D eigenvalue weighted by Crippen LogP contribution is -2.45. The molecule has 3 aromatic rings. The number of rotatable bonds is 5. The van der Waals surface area contributed by atoms with Gasteiger partial charge in [-0.3, -0.25) is 4.90 Å².